The van der Waals surface area contributed by atoms with Crippen LogP contribution in [0.3, 0.4) is 0 Å². The van der Waals surface area contributed by atoms with Gasteiger partial charge in [0, 0.05) is 6.92 Å². The maximum absolute atomic E-state index is 10.2. The molecule has 0 aromatic carbocycles. The van der Waals surface area contributed by atoms with Gasteiger partial charge in [-0.3, -0.25) is 9.59 Å². The Morgan fingerprint density at radius 2 is 1.90 bits per heavy atom. The van der Waals surface area contributed by atoms with Crippen LogP contribution in [0.5, 0.6) is 0 Å². The quantitative estimate of drug-likeness (QED) is 0.500. The van der Waals surface area contributed by atoms with Gasteiger partial charge in [0.2, 0.25) is 5.91 Å². The first kappa shape index (κ1) is 12.6. The van der Waals surface area contributed by atoms with Crippen molar-refractivity contribution in [3.63, 3.8) is 0 Å². The fraction of sp³-hybridized carbons (Fsp3) is 0.600. The summed E-state index contributed by atoms with van der Waals surface area (Å²) in [7, 11) is 0. The predicted molar refractivity (Wildman–Crippen MR) is 38.1 cm³/mol. The molecule has 0 saturated heterocycles. The van der Waals surface area contributed by atoms with Crippen molar-refractivity contribution >= 4 is 41.4 Å². The molecule has 4 nitrogen and oxygen atoms in total. The molecule has 0 radical (unpaired) electrons. The summed E-state index contributed by atoms with van der Waals surface area (Å²) in [4.78, 5) is 20.2. The fourth-order valence-corrected chi connectivity index (χ4v) is 0.367. The minimum absolute atomic E-state index is 0. The fourth-order valence-electron chi connectivity index (χ4n) is 0.367. The number of aliphatic carboxylic acids is 1. The summed E-state index contributed by atoms with van der Waals surface area (Å²) in [5.41, 5.74) is 0. The molecule has 0 heterocycles. The van der Waals surface area contributed by atoms with Crippen LogP contribution in [-0.4, -0.2) is 52.6 Å². The molecule has 2 N–H and O–H groups in total. The van der Waals surface area contributed by atoms with Crippen LogP contribution in [0.15, 0.2) is 0 Å². The number of nitrogens with one attached hydrogen (secondary N) is 1. The standard InChI is InChI=1S/C5H9NO3.Na.H/c1-3(5(8)9)6-4(2)7;;/h3H,1-2H3,(H,6,7)(H,8,9);;/t3-;;/m0../s1. The van der Waals surface area contributed by atoms with Gasteiger partial charge in [0.1, 0.15) is 6.04 Å². The molecule has 0 aliphatic rings. The number of carboxylic acids is 1. The van der Waals surface area contributed by atoms with Crippen LogP contribution in [0.1, 0.15) is 13.8 Å². The second kappa shape index (κ2) is 5.70. The molecule has 5 heteroatoms. The average molecular weight is 155 g/mol. The van der Waals surface area contributed by atoms with Crippen molar-refractivity contribution in [2.75, 3.05) is 0 Å². The van der Waals surface area contributed by atoms with E-state index in [0.717, 1.165) is 0 Å². The van der Waals surface area contributed by atoms with Gasteiger partial charge in [0.25, 0.3) is 0 Å². The van der Waals surface area contributed by atoms with Crippen molar-refractivity contribution in [3.8, 4) is 0 Å². The molecule has 54 valence electrons. The van der Waals surface area contributed by atoms with Crippen molar-refractivity contribution < 1.29 is 14.7 Å². The Hall–Kier alpha value is -0.0600. The molecule has 0 spiro atoms. The summed E-state index contributed by atoms with van der Waals surface area (Å²) < 4.78 is 0. The average Bonchev–Trinajstić information content (AvgIpc) is 1.63. The first-order chi connectivity index (χ1) is 4.04. The monoisotopic (exact) mass is 155 g/mol. The van der Waals surface area contributed by atoms with Gasteiger partial charge in [-0.15, -0.1) is 0 Å². The maximum atomic E-state index is 10.2. The Labute approximate surface area is 81.3 Å². The van der Waals surface area contributed by atoms with Crippen LogP contribution in [0, 0.1) is 0 Å². The van der Waals surface area contributed by atoms with E-state index in [1.807, 2.05) is 0 Å². The SMILES string of the molecule is CC(=O)N[C@@H](C)C(=O)O.[NaH]. The molecule has 1 atom stereocenters. The van der Waals surface area contributed by atoms with Gasteiger partial charge in [-0.05, 0) is 6.92 Å². The Morgan fingerprint density at radius 1 is 1.50 bits per heavy atom. The number of rotatable bonds is 2. The molecule has 0 rings (SSSR count). The molecule has 0 unspecified atom stereocenters. The molecular formula is C5H10NNaO3. The van der Waals surface area contributed by atoms with E-state index in [1.165, 1.54) is 13.8 Å². The molecule has 10 heavy (non-hydrogen) atoms. The van der Waals surface area contributed by atoms with E-state index in [1.54, 1.807) is 0 Å². The molecule has 1 amide bonds. The van der Waals surface area contributed by atoms with E-state index in [9.17, 15) is 9.59 Å². The normalized spacial score (nSPS) is 11.0. The Kier molecular flexibility index (Phi) is 7.19. The molecule has 0 fully saturated rings. The van der Waals surface area contributed by atoms with Gasteiger partial charge in [-0.25, -0.2) is 0 Å². The number of carbonyl (C=O) groups is 2. The summed E-state index contributed by atoms with van der Waals surface area (Å²) in [6.07, 6.45) is 0. The number of hydrogen-bond donors (Lipinski definition) is 2. The van der Waals surface area contributed by atoms with Gasteiger partial charge < -0.3 is 10.4 Å². The van der Waals surface area contributed by atoms with Crippen molar-refractivity contribution in [3.05, 3.63) is 0 Å². The first-order valence-electron chi connectivity index (χ1n) is 2.54. The van der Waals surface area contributed by atoms with Crippen molar-refractivity contribution in [1.82, 2.24) is 5.32 Å². The van der Waals surface area contributed by atoms with Crippen molar-refractivity contribution in [2.45, 2.75) is 19.9 Å². The predicted octanol–water partition coefficient (Wildman–Crippen LogP) is -1.05. The number of carboxylic acid groups (broad SMARTS) is 1. The van der Waals surface area contributed by atoms with Crippen LogP contribution in [0.4, 0.5) is 0 Å². The van der Waals surface area contributed by atoms with Crippen LogP contribution in [0.2, 0.25) is 0 Å². The van der Waals surface area contributed by atoms with E-state index < -0.39 is 12.0 Å². The second-order valence-corrected chi connectivity index (χ2v) is 1.76. The molecule has 0 saturated carbocycles. The van der Waals surface area contributed by atoms with Crippen LogP contribution in [0.25, 0.3) is 0 Å². The molecule has 0 aromatic rings. The van der Waals surface area contributed by atoms with Crippen LogP contribution in [-0.2, 0) is 9.59 Å². The van der Waals surface area contributed by atoms with Gasteiger partial charge in [0.05, 0.1) is 0 Å². The molecule has 0 aliphatic heterocycles. The summed E-state index contributed by atoms with van der Waals surface area (Å²) in [6, 6.07) is -0.789. The third-order valence-electron chi connectivity index (χ3n) is 0.790. The third-order valence-corrected chi connectivity index (χ3v) is 0.790. The Balaban J connectivity index is 0. The van der Waals surface area contributed by atoms with Crippen LogP contribution < -0.4 is 5.32 Å². The van der Waals surface area contributed by atoms with Crippen LogP contribution >= 0.6 is 0 Å². The third kappa shape index (κ3) is 6.07. The molecule has 0 aromatic heterocycles. The molecule has 0 bridgehead atoms. The second-order valence-electron chi connectivity index (χ2n) is 1.76. The minimum atomic E-state index is -1.02. The van der Waals surface area contributed by atoms with Gasteiger partial charge in [-0.1, -0.05) is 0 Å². The van der Waals surface area contributed by atoms with E-state index in [-0.39, 0.29) is 35.5 Å². The number of hydrogen-bond acceptors (Lipinski definition) is 2. The molecular weight excluding hydrogens is 145 g/mol. The summed E-state index contributed by atoms with van der Waals surface area (Å²) >= 11 is 0. The van der Waals surface area contributed by atoms with E-state index in [2.05, 4.69) is 5.32 Å². The summed E-state index contributed by atoms with van der Waals surface area (Å²) in [6.45, 7) is 2.68. The zero-order valence-corrected chi connectivity index (χ0v) is 5.34. The summed E-state index contributed by atoms with van der Waals surface area (Å²) in [5.74, 6) is -1.35. The van der Waals surface area contributed by atoms with E-state index in [4.69, 9.17) is 5.11 Å². The topological polar surface area (TPSA) is 66.4 Å². The Bertz CT molecular complexity index is 137. The Morgan fingerprint density at radius 3 is 2.00 bits per heavy atom. The molecule has 0 aliphatic carbocycles. The first-order valence-corrected chi connectivity index (χ1v) is 2.54. The number of carbonyl (C=O) groups excluding carboxylic acids is 1. The zero-order valence-electron chi connectivity index (χ0n) is 5.34. The summed E-state index contributed by atoms with van der Waals surface area (Å²) in [5, 5.41) is 10.4. The van der Waals surface area contributed by atoms with E-state index >= 15 is 0 Å². The van der Waals surface area contributed by atoms with Gasteiger partial charge in [-0.2, -0.15) is 0 Å². The van der Waals surface area contributed by atoms with Crippen molar-refractivity contribution in [2.24, 2.45) is 0 Å². The van der Waals surface area contributed by atoms with Gasteiger partial charge >= 0.3 is 35.5 Å². The van der Waals surface area contributed by atoms with Gasteiger partial charge in [0.15, 0.2) is 0 Å². The van der Waals surface area contributed by atoms with Crippen molar-refractivity contribution in [1.29, 1.82) is 0 Å². The zero-order chi connectivity index (χ0) is 7.44. The van der Waals surface area contributed by atoms with E-state index in [0.29, 0.717) is 0 Å². The number of amides is 1.